The smallest absolute Gasteiger partial charge is 0.276 e. The average Bonchev–Trinajstić information content (AvgIpc) is 3.52. The van der Waals surface area contributed by atoms with Crippen LogP contribution in [0.25, 0.3) is 0 Å². The van der Waals surface area contributed by atoms with E-state index >= 15 is 0 Å². The Bertz CT molecular complexity index is 975. The Hall–Kier alpha value is -1.40. The summed E-state index contributed by atoms with van der Waals surface area (Å²) in [7, 11) is 3.24. The molecule has 12 heteroatoms. The largest absolute Gasteiger partial charge is 0.394 e. The number of amides is 1. The van der Waals surface area contributed by atoms with Crippen LogP contribution in [0.15, 0.2) is 29.3 Å². The molecule has 1 aromatic heterocycles. The fraction of sp³-hybridized carbons (Fsp3) is 0.550. The molecule has 0 unspecified atom stereocenters. The first-order valence-corrected chi connectivity index (χ1v) is 11.8. The van der Waals surface area contributed by atoms with E-state index in [9.17, 15) is 15.0 Å². The number of thioether (sulfide) groups is 1. The van der Waals surface area contributed by atoms with E-state index in [0.717, 1.165) is 17.7 Å². The van der Waals surface area contributed by atoms with Crippen molar-refractivity contribution in [2.75, 3.05) is 20.8 Å². The standard InChI is InChI=1S/C20H24Cl2N4O5S/c1-25(10-3-4-10)19(29)14-8-26(24-23-14)16-17(28)15(9-27)31-20(18(16)30-2)32-11-5-6-12(21)13(22)7-11/h5-8,10,15-18,20,27-28H,3-4,9H2,1-2H3/t15-,16+,17+,18-,20-/m1/s1. The van der Waals surface area contributed by atoms with Crippen LogP contribution >= 0.6 is 35.0 Å². The highest BCUT2D eigenvalue weighted by molar-refractivity contribution is 7.99. The van der Waals surface area contributed by atoms with Gasteiger partial charge in [0.15, 0.2) is 5.69 Å². The van der Waals surface area contributed by atoms with Crippen molar-refractivity contribution in [1.82, 2.24) is 19.9 Å². The minimum absolute atomic E-state index is 0.183. The highest BCUT2D eigenvalue weighted by atomic mass is 35.5. The third-order valence-corrected chi connectivity index (χ3v) is 7.57. The van der Waals surface area contributed by atoms with Crippen LogP contribution in [0.2, 0.25) is 10.0 Å². The zero-order valence-corrected chi connectivity index (χ0v) is 19.8. The number of halogens is 2. The summed E-state index contributed by atoms with van der Waals surface area (Å²) in [6.07, 6.45) is 0.768. The molecule has 1 aromatic carbocycles. The number of hydrogen-bond donors (Lipinski definition) is 2. The first kappa shape index (κ1) is 23.7. The molecule has 0 bridgehead atoms. The van der Waals surface area contributed by atoms with E-state index in [1.807, 2.05) is 0 Å². The Morgan fingerprint density at radius 2 is 2.12 bits per heavy atom. The van der Waals surface area contributed by atoms with Crippen molar-refractivity contribution in [3.8, 4) is 0 Å². The first-order chi connectivity index (χ1) is 15.3. The second kappa shape index (κ2) is 9.84. The van der Waals surface area contributed by atoms with Gasteiger partial charge in [0.25, 0.3) is 5.91 Å². The molecule has 32 heavy (non-hydrogen) atoms. The highest BCUT2D eigenvalue weighted by Crippen LogP contribution is 2.40. The second-order valence-corrected chi connectivity index (χ2v) is 9.82. The van der Waals surface area contributed by atoms with Gasteiger partial charge in [-0.05, 0) is 31.0 Å². The maximum atomic E-state index is 12.7. The van der Waals surface area contributed by atoms with E-state index in [1.165, 1.54) is 29.8 Å². The number of aliphatic hydroxyl groups is 2. The number of benzene rings is 1. The molecular weight excluding hydrogens is 479 g/mol. The van der Waals surface area contributed by atoms with Crippen molar-refractivity contribution >= 4 is 40.9 Å². The van der Waals surface area contributed by atoms with Gasteiger partial charge in [-0.3, -0.25) is 4.79 Å². The molecule has 174 valence electrons. The third kappa shape index (κ3) is 4.77. The van der Waals surface area contributed by atoms with Crippen molar-refractivity contribution in [3.63, 3.8) is 0 Å². The molecule has 1 aliphatic heterocycles. The van der Waals surface area contributed by atoms with Crippen molar-refractivity contribution in [2.45, 2.75) is 53.6 Å². The van der Waals surface area contributed by atoms with Gasteiger partial charge < -0.3 is 24.6 Å². The van der Waals surface area contributed by atoms with E-state index in [-0.39, 0.29) is 17.6 Å². The number of hydrogen-bond acceptors (Lipinski definition) is 8. The Labute approximate surface area is 199 Å². The van der Waals surface area contributed by atoms with Gasteiger partial charge in [0.2, 0.25) is 0 Å². The number of ether oxygens (including phenoxy) is 2. The van der Waals surface area contributed by atoms with Gasteiger partial charge in [-0.25, -0.2) is 4.68 Å². The number of aliphatic hydroxyl groups excluding tert-OH is 2. The Morgan fingerprint density at radius 3 is 2.75 bits per heavy atom. The lowest BCUT2D eigenvalue weighted by Gasteiger charge is -2.43. The molecule has 2 aliphatic rings. The Balaban J connectivity index is 1.60. The molecule has 2 fully saturated rings. The van der Waals surface area contributed by atoms with E-state index in [0.29, 0.717) is 10.0 Å². The topological polar surface area (TPSA) is 110 Å². The van der Waals surface area contributed by atoms with Crippen molar-refractivity contribution in [3.05, 3.63) is 40.1 Å². The van der Waals surface area contributed by atoms with E-state index in [1.54, 1.807) is 30.1 Å². The summed E-state index contributed by atoms with van der Waals surface area (Å²) in [5.41, 5.74) is -0.428. The molecular formula is C20H24Cl2N4O5S. The molecule has 1 saturated carbocycles. The molecule has 0 spiro atoms. The fourth-order valence-corrected chi connectivity index (χ4v) is 5.29. The van der Waals surface area contributed by atoms with Crippen LogP contribution in [0.4, 0.5) is 0 Å². The lowest BCUT2D eigenvalue weighted by Crippen LogP contribution is -2.55. The minimum Gasteiger partial charge on any atom is -0.394 e. The maximum Gasteiger partial charge on any atom is 0.276 e. The summed E-state index contributed by atoms with van der Waals surface area (Å²) in [5, 5.41) is 29.7. The summed E-state index contributed by atoms with van der Waals surface area (Å²) in [5.74, 6) is -0.227. The van der Waals surface area contributed by atoms with Crippen molar-refractivity contribution in [1.29, 1.82) is 0 Å². The van der Waals surface area contributed by atoms with E-state index in [2.05, 4.69) is 10.3 Å². The van der Waals surface area contributed by atoms with Gasteiger partial charge in [0, 0.05) is 25.1 Å². The zero-order chi connectivity index (χ0) is 23.0. The van der Waals surface area contributed by atoms with Crippen LogP contribution in [0.3, 0.4) is 0 Å². The number of carbonyl (C=O) groups is 1. The van der Waals surface area contributed by atoms with Gasteiger partial charge in [-0.15, -0.1) is 5.10 Å². The number of rotatable bonds is 7. The number of aromatic nitrogens is 3. The molecule has 2 aromatic rings. The van der Waals surface area contributed by atoms with Gasteiger partial charge in [-0.2, -0.15) is 0 Å². The van der Waals surface area contributed by atoms with Gasteiger partial charge in [0.05, 0.1) is 22.8 Å². The number of carbonyl (C=O) groups excluding carboxylic acids is 1. The van der Waals surface area contributed by atoms with Crippen LogP contribution < -0.4 is 0 Å². The molecule has 1 saturated heterocycles. The molecule has 1 aliphatic carbocycles. The SMILES string of the molecule is CO[C@@H]1[C@@H](n2cc(C(=O)N(C)C3CC3)nn2)[C@@H](O)[C@@H](CO)O[C@@H]1Sc1ccc(Cl)c(Cl)c1. The third-order valence-electron chi connectivity index (χ3n) is 5.69. The fourth-order valence-electron chi connectivity index (χ4n) is 3.72. The number of nitrogens with zero attached hydrogens (tertiary/aromatic N) is 4. The van der Waals surface area contributed by atoms with Crippen LogP contribution in [-0.2, 0) is 9.47 Å². The predicted octanol–water partition coefficient (Wildman–Crippen LogP) is 2.25. The molecule has 5 atom stereocenters. The van der Waals surface area contributed by atoms with Gasteiger partial charge in [-0.1, -0.05) is 40.2 Å². The molecule has 0 radical (unpaired) electrons. The van der Waals surface area contributed by atoms with Crippen LogP contribution in [0.1, 0.15) is 29.4 Å². The molecule has 2 heterocycles. The number of methoxy groups -OCH3 is 1. The maximum absolute atomic E-state index is 12.7. The molecule has 2 N–H and O–H groups in total. The lowest BCUT2D eigenvalue weighted by molar-refractivity contribution is -0.186. The van der Waals surface area contributed by atoms with Gasteiger partial charge >= 0.3 is 0 Å². The monoisotopic (exact) mass is 502 g/mol. The van der Waals surface area contributed by atoms with Crippen LogP contribution in [0.5, 0.6) is 0 Å². The normalized spacial score (nSPS) is 28.0. The van der Waals surface area contributed by atoms with Crippen LogP contribution in [0, 0.1) is 0 Å². The second-order valence-electron chi connectivity index (χ2n) is 7.83. The molecule has 9 nitrogen and oxygen atoms in total. The van der Waals surface area contributed by atoms with Crippen LogP contribution in [-0.4, -0.2) is 86.6 Å². The quantitative estimate of drug-likeness (QED) is 0.592. The summed E-state index contributed by atoms with van der Waals surface area (Å²) in [4.78, 5) is 15.1. The zero-order valence-electron chi connectivity index (χ0n) is 17.5. The summed E-state index contributed by atoms with van der Waals surface area (Å²) >= 11 is 13.5. The lowest BCUT2D eigenvalue weighted by atomic mass is 9.97. The van der Waals surface area contributed by atoms with Crippen molar-refractivity contribution in [2.24, 2.45) is 0 Å². The molecule has 1 amide bonds. The Kier molecular flexibility index (Phi) is 7.30. The minimum atomic E-state index is -1.14. The first-order valence-electron chi connectivity index (χ1n) is 10.1. The van der Waals surface area contributed by atoms with E-state index < -0.39 is 36.4 Å². The summed E-state index contributed by atoms with van der Waals surface area (Å²) < 4.78 is 13.0. The van der Waals surface area contributed by atoms with E-state index in [4.69, 9.17) is 32.7 Å². The predicted molar refractivity (Wildman–Crippen MR) is 119 cm³/mol. The average molecular weight is 503 g/mol. The molecule has 4 rings (SSSR count). The highest BCUT2D eigenvalue weighted by Gasteiger charge is 2.47. The summed E-state index contributed by atoms with van der Waals surface area (Å²) in [6.45, 7) is -0.405. The van der Waals surface area contributed by atoms with Gasteiger partial charge in [0.1, 0.15) is 29.8 Å². The summed E-state index contributed by atoms with van der Waals surface area (Å²) in [6, 6.07) is 4.67. The van der Waals surface area contributed by atoms with Crippen molar-refractivity contribution < 1.29 is 24.5 Å². The Morgan fingerprint density at radius 1 is 1.38 bits per heavy atom.